The summed E-state index contributed by atoms with van der Waals surface area (Å²) in [5, 5.41) is 13.8. The Kier molecular flexibility index (Phi) is 4.73. The molecule has 104 valence electrons. The lowest BCUT2D eigenvalue weighted by Crippen LogP contribution is -2.17. The van der Waals surface area contributed by atoms with E-state index in [0.29, 0.717) is 6.54 Å². The summed E-state index contributed by atoms with van der Waals surface area (Å²) < 4.78 is 0. The number of aromatic nitrogens is 2. The third-order valence-corrected chi connectivity index (χ3v) is 2.88. The van der Waals surface area contributed by atoms with Crippen LogP contribution in [0.25, 0.3) is 0 Å². The van der Waals surface area contributed by atoms with E-state index in [9.17, 15) is 10.1 Å². The topological polar surface area (TPSA) is 81.0 Å². The lowest BCUT2D eigenvalue weighted by atomic mass is 10.1. The van der Waals surface area contributed by atoms with Gasteiger partial charge in [0.15, 0.2) is 0 Å². The zero-order chi connectivity index (χ0) is 14.4. The zero-order valence-corrected chi connectivity index (χ0v) is 11.2. The predicted octanol–water partition coefficient (Wildman–Crippen LogP) is 2.03. The molecule has 0 aliphatic rings. The Balaban J connectivity index is 1.75. The van der Waals surface area contributed by atoms with Gasteiger partial charge in [-0.05, 0) is 25.5 Å². The van der Waals surface area contributed by atoms with Gasteiger partial charge in [0.1, 0.15) is 0 Å². The minimum atomic E-state index is -0.391. The highest BCUT2D eigenvalue weighted by molar-refractivity contribution is 5.32. The largest absolute Gasteiger partial charge is 0.311 e. The van der Waals surface area contributed by atoms with E-state index in [1.54, 1.807) is 24.5 Å². The third-order valence-electron chi connectivity index (χ3n) is 2.88. The Bertz CT molecular complexity index is 567. The molecule has 6 heteroatoms. The highest BCUT2D eigenvalue weighted by Gasteiger charge is 2.03. The Morgan fingerprint density at radius 3 is 2.55 bits per heavy atom. The molecule has 0 unspecified atom stereocenters. The second-order valence-electron chi connectivity index (χ2n) is 4.50. The van der Waals surface area contributed by atoms with Gasteiger partial charge in [0.25, 0.3) is 5.69 Å². The molecule has 0 saturated carbocycles. The molecule has 1 aromatic carbocycles. The van der Waals surface area contributed by atoms with E-state index < -0.39 is 4.92 Å². The van der Waals surface area contributed by atoms with Crippen molar-refractivity contribution < 1.29 is 4.92 Å². The van der Waals surface area contributed by atoms with E-state index >= 15 is 0 Å². The van der Waals surface area contributed by atoms with Crippen molar-refractivity contribution in [2.45, 2.75) is 19.9 Å². The summed E-state index contributed by atoms with van der Waals surface area (Å²) in [6.07, 6.45) is 4.32. The van der Waals surface area contributed by atoms with Gasteiger partial charge >= 0.3 is 0 Å². The Morgan fingerprint density at radius 1 is 1.20 bits per heavy atom. The van der Waals surface area contributed by atoms with Gasteiger partial charge < -0.3 is 5.32 Å². The highest BCUT2D eigenvalue weighted by Crippen LogP contribution is 2.11. The van der Waals surface area contributed by atoms with Crippen LogP contribution in [-0.4, -0.2) is 21.4 Å². The molecule has 0 aliphatic carbocycles. The number of nitro benzene ring substituents is 1. The summed E-state index contributed by atoms with van der Waals surface area (Å²) in [6.45, 7) is 3.35. The van der Waals surface area contributed by atoms with Gasteiger partial charge in [-0.15, -0.1) is 0 Å². The zero-order valence-electron chi connectivity index (χ0n) is 11.2. The van der Waals surface area contributed by atoms with Crippen molar-refractivity contribution in [3.05, 3.63) is 63.7 Å². The summed E-state index contributed by atoms with van der Waals surface area (Å²) in [4.78, 5) is 18.6. The van der Waals surface area contributed by atoms with Gasteiger partial charge in [0.05, 0.1) is 16.3 Å². The van der Waals surface area contributed by atoms with Crippen LogP contribution in [0, 0.1) is 17.0 Å². The maximum absolute atomic E-state index is 10.5. The van der Waals surface area contributed by atoms with Gasteiger partial charge in [-0.1, -0.05) is 12.1 Å². The lowest BCUT2D eigenvalue weighted by molar-refractivity contribution is -0.384. The molecule has 0 bridgehead atoms. The van der Waals surface area contributed by atoms with E-state index in [2.05, 4.69) is 15.3 Å². The van der Waals surface area contributed by atoms with Gasteiger partial charge in [-0.3, -0.25) is 20.1 Å². The van der Waals surface area contributed by atoms with Crippen molar-refractivity contribution in [1.29, 1.82) is 0 Å². The summed E-state index contributed by atoms with van der Waals surface area (Å²) in [7, 11) is 0. The quantitative estimate of drug-likeness (QED) is 0.494. The monoisotopic (exact) mass is 272 g/mol. The number of hydrogen-bond donors (Lipinski definition) is 1. The molecule has 0 fully saturated rings. The summed E-state index contributed by atoms with van der Waals surface area (Å²) in [5.41, 5.74) is 2.99. The minimum Gasteiger partial charge on any atom is -0.311 e. The average molecular weight is 272 g/mol. The van der Waals surface area contributed by atoms with Crippen LogP contribution < -0.4 is 5.32 Å². The Labute approximate surface area is 117 Å². The molecule has 0 amide bonds. The van der Waals surface area contributed by atoms with Crippen LogP contribution in [0.4, 0.5) is 5.69 Å². The van der Waals surface area contributed by atoms with Crippen LogP contribution in [0.5, 0.6) is 0 Å². The molecule has 0 radical (unpaired) electrons. The summed E-state index contributed by atoms with van der Waals surface area (Å²) in [5.74, 6) is 0. The number of benzene rings is 1. The number of non-ortho nitro benzene ring substituents is 1. The first-order chi connectivity index (χ1) is 9.65. The van der Waals surface area contributed by atoms with Gasteiger partial charge in [0.2, 0.25) is 0 Å². The number of nitro groups is 1. The van der Waals surface area contributed by atoms with Crippen molar-refractivity contribution in [2.24, 2.45) is 0 Å². The van der Waals surface area contributed by atoms with E-state index in [1.807, 2.05) is 6.92 Å². The number of rotatable bonds is 6. The second-order valence-corrected chi connectivity index (χ2v) is 4.50. The fourth-order valence-corrected chi connectivity index (χ4v) is 1.74. The molecule has 0 spiro atoms. The molecule has 2 aromatic rings. The van der Waals surface area contributed by atoms with E-state index in [4.69, 9.17) is 0 Å². The first-order valence-corrected chi connectivity index (χ1v) is 6.37. The van der Waals surface area contributed by atoms with Gasteiger partial charge in [0, 0.05) is 31.1 Å². The number of nitrogens with zero attached hydrogens (tertiary/aromatic N) is 3. The van der Waals surface area contributed by atoms with Crippen molar-refractivity contribution in [2.75, 3.05) is 6.54 Å². The molecule has 0 aliphatic heterocycles. The van der Waals surface area contributed by atoms with Gasteiger partial charge in [-0.2, -0.15) is 0 Å². The first-order valence-electron chi connectivity index (χ1n) is 6.37. The van der Waals surface area contributed by atoms with E-state index in [0.717, 1.165) is 29.9 Å². The van der Waals surface area contributed by atoms with Crippen LogP contribution in [0.15, 0.2) is 36.7 Å². The third kappa shape index (κ3) is 4.10. The van der Waals surface area contributed by atoms with Crippen molar-refractivity contribution in [3.63, 3.8) is 0 Å². The molecule has 1 N–H and O–H groups in total. The Morgan fingerprint density at radius 2 is 1.95 bits per heavy atom. The molecule has 20 heavy (non-hydrogen) atoms. The SMILES string of the molecule is Cc1cnc(CNCCc2ccc([N+](=O)[O-])cc2)cn1. The van der Waals surface area contributed by atoms with Crippen molar-refractivity contribution in [1.82, 2.24) is 15.3 Å². The molecule has 6 nitrogen and oxygen atoms in total. The maximum atomic E-state index is 10.5. The minimum absolute atomic E-state index is 0.122. The van der Waals surface area contributed by atoms with Crippen LogP contribution in [0.3, 0.4) is 0 Å². The normalized spacial score (nSPS) is 10.4. The van der Waals surface area contributed by atoms with Crippen molar-refractivity contribution >= 4 is 5.69 Å². The smallest absolute Gasteiger partial charge is 0.269 e. The maximum Gasteiger partial charge on any atom is 0.269 e. The lowest BCUT2D eigenvalue weighted by Gasteiger charge is -2.04. The molecule has 0 saturated heterocycles. The standard InChI is InChI=1S/C14H16N4O2/c1-11-8-17-13(10-16-11)9-15-7-6-12-2-4-14(5-3-12)18(19)20/h2-5,8,10,15H,6-7,9H2,1H3. The summed E-state index contributed by atoms with van der Waals surface area (Å²) >= 11 is 0. The van der Waals surface area contributed by atoms with E-state index in [1.165, 1.54) is 12.1 Å². The fraction of sp³-hybridized carbons (Fsp3) is 0.286. The average Bonchev–Trinajstić information content (AvgIpc) is 2.46. The van der Waals surface area contributed by atoms with Crippen LogP contribution >= 0.6 is 0 Å². The van der Waals surface area contributed by atoms with Crippen LogP contribution in [0.1, 0.15) is 17.0 Å². The summed E-state index contributed by atoms with van der Waals surface area (Å²) in [6, 6.07) is 6.62. The molecular weight excluding hydrogens is 256 g/mol. The fourth-order valence-electron chi connectivity index (χ4n) is 1.74. The van der Waals surface area contributed by atoms with E-state index in [-0.39, 0.29) is 5.69 Å². The molecule has 1 heterocycles. The first kappa shape index (κ1) is 14.1. The predicted molar refractivity (Wildman–Crippen MR) is 75.3 cm³/mol. The van der Waals surface area contributed by atoms with Gasteiger partial charge in [-0.25, -0.2) is 0 Å². The second kappa shape index (κ2) is 6.72. The van der Waals surface area contributed by atoms with Crippen LogP contribution in [0.2, 0.25) is 0 Å². The molecule has 2 rings (SSSR count). The molecule has 0 atom stereocenters. The van der Waals surface area contributed by atoms with Crippen LogP contribution in [-0.2, 0) is 13.0 Å². The number of nitrogens with one attached hydrogen (secondary N) is 1. The number of hydrogen-bond acceptors (Lipinski definition) is 5. The highest BCUT2D eigenvalue weighted by atomic mass is 16.6. The number of aryl methyl sites for hydroxylation is 1. The molecular formula is C14H16N4O2. The molecule has 1 aromatic heterocycles. The van der Waals surface area contributed by atoms with Crippen molar-refractivity contribution in [3.8, 4) is 0 Å². The Hall–Kier alpha value is -2.34.